The van der Waals surface area contributed by atoms with Gasteiger partial charge in [0.05, 0.1) is 21.8 Å². The predicted octanol–water partition coefficient (Wildman–Crippen LogP) is 5.61. The Morgan fingerprint density at radius 3 is 2.52 bits per heavy atom. The summed E-state index contributed by atoms with van der Waals surface area (Å²) in [5, 5.41) is 15.7. The molecule has 2 aromatic carbocycles. The van der Waals surface area contributed by atoms with Crippen LogP contribution in [0, 0.1) is 10.1 Å². The van der Waals surface area contributed by atoms with Crippen LogP contribution in [0.5, 0.6) is 0 Å². The monoisotopic (exact) mass is 375 g/mol. The van der Waals surface area contributed by atoms with Gasteiger partial charge >= 0.3 is 0 Å². The Kier molecular flexibility index (Phi) is 5.02. The first-order chi connectivity index (χ1) is 12.0. The molecule has 0 radical (unpaired) electrons. The highest BCUT2D eigenvalue weighted by molar-refractivity contribution is 6.36. The van der Waals surface area contributed by atoms with E-state index < -0.39 is 4.92 Å². The highest BCUT2D eigenvalue weighted by atomic mass is 35.5. The number of nitrogens with zero attached hydrogens (tertiary/aromatic N) is 2. The maximum Gasteiger partial charge on any atom is 0.269 e. The normalized spacial score (nSPS) is 11.0. The topological polar surface area (TPSA) is 80.7 Å². The van der Waals surface area contributed by atoms with Crippen LogP contribution in [0.15, 0.2) is 64.1 Å². The fourth-order valence-corrected chi connectivity index (χ4v) is 2.59. The molecule has 0 amide bonds. The van der Waals surface area contributed by atoms with E-state index in [1.54, 1.807) is 42.5 Å². The van der Waals surface area contributed by atoms with Crippen LogP contribution in [0.2, 0.25) is 10.0 Å². The smallest absolute Gasteiger partial charge is 0.269 e. The van der Waals surface area contributed by atoms with Crippen molar-refractivity contribution in [1.82, 2.24) is 0 Å². The van der Waals surface area contributed by atoms with Crippen molar-refractivity contribution in [1.29, 1.82) is 0 Å². The van der Waals surface area contributed by atoms with E-state index in [-0.39, 0.29) is 5.69 Å². The van der Waals surface area contributed by atoms with E-state index in [9.17, 15) is 10.1 Å². The number of nitro benzene ring substituents is 1. The summed E-state index contributed by atoms with van der Waals surface area (Å²) in [4.78, 5) is 10.1. The van der Waals surface area contributed by atoms with Crippen molar-refractivity contribution in [2.24, 2.45) is 5.10 Å². The molecule has 0 saturated carbocycles. The Morgan fingerprint density at radius 1 is 1.08 bits per heavy atom. The Hall–Kier alpha value is -2.83. The van der Waals surface area contributed by atoms with E-state index in [1.807, 2.05) is 0 Å². The third-order valence-electron chi connectivity index (χ3n) is 3.29. The SMILES string of the molecule is O=[N+]([O-])c1ccc(N/N=C/c2ccc(-c3ccc(Cl)cc3Cl)o2)cc1. The lowest BCUT2D eigenvalue weighted by Crippen LogP contribution is -1.91. The van der Waals surface area contributed by atoms with Crippen molar-refractivity contribution in [3.8, 4) is 11.3 Å². The minimum atomic E-state index is -0.459. The molecule has 1 heterocycles. The number of benzene rings is 2. The molecule has 0 aliphatic carbocycles. The van der Waals surface area contributed by atoms with Gasteiger partial charge in [-0.3, -0.25) is 15.5 Å². The standard InChI is InChI=1S/C17H11Cl2N3O3/c18-11-1-7-15(16(19)9-11)17-8-6-14(25-17)10-20-21-12-2-4-13(5-3-12)22(23)24/h1-10,21H/b20-10+. The molecule has 0 atom stereocenters. The van der Waals surface area contributed by atoms with Crippen molar-refractivity contribution >= 4 is 40.8 Å². The number of hydrogen-bond acceptors (Lipinski definition) is 5. The number of non-ortho nitro benzene ring substituents is 1. The molecule has 0 spiro atoms. The van der Waals surface area contributed by atoms with Gasteiger partial charge in [0.15, 0.2) is 0 Å². The average molecular weight is 376 g/mol. The Labute approximate surface area is 152 Å². The Bertz CT molecular complexity index is 937. The third kappa shape index (κ3) is 4.17. The van der Waals surface area contributed by atoms with Crippen molar-refractivity contribution in [3.05, 3.63) is 80.5 Å². The van der Waals surface area contributed by atoms with E-state index in [4.69, 9.17) is 27.6 Å². The number of nitrogens with one attached hydrogen (secondary N) is 1. The zero-order valence-electron chi connectivity index (χ0n) is 12.6. The fraction of sp³-hybridized carbons (Fsp3) is 0. The minimum Gasteiger partial charge on any atom is -0.455 e. The lowest BCUT2D eigenvalue weighted by molar-refractivity contribution is -0.384. The summed E-state index contributed by atoms with van der Waals surface area (Å²) in [5.41, 5.74) is 4.14. The number of hydrogen-bond donors (Lipinski definition) is 1. The van der Waals surface area contributed by atoms with Gasteiger partial charge in [0.2, 0.25) is 0 Å². The minimum absolute atomic E-state index is 0.0186. The molecule has 0 aliphatic heterocycles. The predicted molar refractivity (Wildman–Crippen MR) is 98.5 cm³/mol. The molecular formula is C17H11Cl2N3O3. The summed E-state index contributed by atoms with van der Waals surface area (Å²) in [6, 6.07) is 14.6. The quantitative estimate of drug-likeness (QED) is 0.357. The van der Waals surface area contributed by atoms with Gasteiger partial charge in [0.1, 0.15) is 11.5 Å². The van der Waals surface area contributed by atoms with Gasteiger partial charge in [-0.2, -0.15) is 5.10 Å². The van der Waals surface area contributed by atoms with Gasteiger partial charge in [-0.15, -0.1) is 0 Å². The lowest BCUT2D eigenvalue weighted by atomic mass is 10.2. The second kappa shape index (κ2) is 7.38. The third-order valence-corrected chi connectivity index (χ3v) is 3.83. The molecule has 1 N–H and O–H groups in total. The summed E-state index contributed by atoms with van der Waals surface area (Å²) in [7, 11) is 0. The maximum atomic E-state index is 10.6. The fourth-order valence-electron chi connectivity index (χ4n) is 2.08. The van der Waals surface area contributed by atoms with Crippen molar-refractivity contribution in [3.63, 3.8) is 0 Å². The van der Waals surface area contributed by atoms with Crippen molar-refractivity contribution in [2.75, 3.05) is 5.43 Å². The molecular weight excluding hydrogens is 365 g/mol. The van der Waals surface area contributed by atoms with Crippen LogP contribution >= 0.6 is 23.2 Å². The summed E-state index contributed by atoms with van der Waals surface area (Å²) < 4.78 is 5.67. The number of rotatable bonds is 5. The number of furan rings is 1. The number of hydrazone groups is 1. The molecule has 0 unspecified atom stereocenters. The van der Waals surface area contributed by atoms with Gasteiger partial charge in [-0.1, -0.05) is 23.2 Å². The molecule has 6 nitrogen and oxygen atoms in total. The van der Waals surface area contributed by atoms with Gasteiger partial charge in [0.25, 0.3) is 5.69 Å². The molecule has 8 heteroatoms. The number of nitro groups is 1. The molecule has 0 saturated heterocycles. The zero-order valence-corrected chi connectivity index (χ0v) is 14.2. The zero-order chi connectivity index (χ0) is 17.8. The highest BCUT2D eigenvalue weighted by Crippen LogP contribution is 2.31. The Balaban J connectivity index is 1.68. The van der Waals surface area contributed by atoms with E-state index in [1.165, 1.54) is 18.3 Å². The van der Waals surface area contributed by atoms with Crippen LogP contribution in [0.3, 0.4) is 0 Å². The first-order valence-electron chi connectivity index (χ1n) is 7.12. The Morgan fingerprint density at radius 2 is 1.84 bits per heavy atom. The first kappa shape index (κ1) is 17.0. The second-order valence-electron chi connectivity index (χ2n) is 5.00. The van der Waals surface area contributed by atoms with E-state index in [0.29, 0.717) is 27.3 Å². The average Bonchev–Trinajstić information content (AvgIpc) is 3.04. The van der Waals surface area contributed by atoms with Gasteiger partial charge < -0.3 is 4.42 Å². The van der Waals surface area contributed by atoms with Gasteiger partial charge in [-0.05, 0) is 42.5 Å². The largest absolute Gasteiger partial charge is 0.455 e. The van der Waals surface area contributed by atoms with Gasteiger partial charge in [-0.25, -0.2) is 0 Å². The van der Waals surface area contributed by atoms with Gasteiger partial charge in [0, 0.05) is 22.7 Å². The molecule has 3 rings (SSSR count). The number of halogens is 2. The summed E-state index contributed by atoms with van der Waals surface area (Å²) in [6.07, 6.45) is 1.49. The molecule has 25 heavy (non-hydrogen) atoms. The van der Waals surface area contributed by atoms with E-state index in [0.717, 1.165) is 5.56 Å². The molecule has 0 aliphatic rings. The molecule has 126 valence electrons. The molecule has 3 aromatic rings. The van der Waals surface area contributed by atoms with E-state index >= 15 is 0 Å². The molecule has 0 fully saturated rings. The summed E-state index contributed by atoms with van der Waals surface area (Å²) >= 11 is 12.0. The van der Waals surface area contributed by atoms with Crippen LogP contribution in [-0.4, -0.2) is 11.1 Å². The second-order valence-corrected chi connectivity index (χ2v) is 5.84. The summed E-state index contributed by atoms with van der Waals surface area (Å²) in [5.74, 6) is 1.12. The van der Waals surface area contributed by atoms with Crippen LogP contribution in [0.25, 0.3) is 11.3 Å². The van der Waals surface area contributed by atoms with Crippen LogP contribution in [0.4, 0.5) is 11.4 Å². The number of anilines is 1. The van der Waals surface area contributed by atoms with Crippen LogP contribution < -0.4 is 5.43 Å². The van der Waals surface area contributed by atoms with Crippen LogP contribution in [0.1, 0.15) is 5.76 Å². The molecule has 0 bridgehead atoms. The summed E-state index contributed by atoms with van der Waals surface area (Å²) in [6.45, 7) is 0. The lowest BCUT2D eigenvalue weighted by Gasteiger charge is -2.01. The van der Waals surface area contributed by atoms with Crippen molar-refractivity contribution in [2.45, 2.75) is 0 Å². The maximum absolute atomic E-state index is 10.6. The first-order valence-corrected chi connectivity index (χ1v) is 7.87. The van der Waals surface area contributed by atoms with Crippen molar-refractivity contribution < 1.29 is 9.34 Å². The van der Waals surface area contributed by atoms with E-state index in [2.05, 4.69) is 10.5 Å². The highest BCUT2D eigenvalue weighted by Gasteiger charge is 2.08. The molecule has 1 aromatic heterocycles. The van der Waals surface area contributed by atoms with Crippen LogP contribution in [-0.2, 0) is 0 Å².